The summed E-state index contributed by atoms with van der Waals surface area (Å²) in [6.07, 6.45) is 9.48. The summed E-state index contributed by atoms with van der Waals surface area (Å²) >= 11 is 0. The number of rotatable bonds is 5. The number of fused-ring (bicyclic) bond motifs is 1. The fraction of sp³-hybridized carbons (Fsp3) is 0.522. The van der Waals surface area contributed by atoms with Crippen LogP contribution in [0.2, 0.25) is 0 Å². The van der Waals surface area contributed by atoms with Crippen LogP contribution in [0.4, 0.5) is 0 Å². The lowest BCUT2D eigenvalue weighted by Crippen LogP contribution is -2.30. The fourth-order valence-corrected chi connectivity index (χ4v) is 4.32. The number of nitrogens with zero attached hydrogens (tertiary/aromatic N) is 1. The molecule has 1 aliphatic rings. The monoisotopic (exact) mass is 337 g/mol. The van der Waals surface area contributed by atoms with E-state index < -0.39 is 0 Å². The first-order valence-corrected chi connectivity index (χ1v) is 9.55. The molecule has 2 aromatic rings. The quantitative estimate of drug-likeness (QED) is 0.631. The van der Waals surface area contributed by atoms with Crippen LogP contribution in [0.5, 0.6) is 0 Å². The molecule has 25 heavy (non-hydrogen) atoms. The van der Waals surface area contributed by atoms with Gasteiger partial charge in [0.1, 0.15) is 0 Å². The third-order valence-electron chi connectivity index (χ3n) is 6.52. The summed E-state index contributed by atoms with van der Waals surface area (Å²) in [6, 6.07) is 6.81. The molecule has 0 bridgehead atoms. The molecule has 2 nitrogen and oxygen atoms in total. The normalized spacial score (nSPS) is 21.0. The lowest BCUT2D eigenvalue weighted by Gasteiger charge is -2.32. The second-order valence-corrected chi connectivity index (χ2v) is 8.61. The lowest BCUT2D eigenvalue weighted by molar-refractivity contribution is 0.264. The van der Waals surface area contributed by atoms with Crippen molar-refractivity contribution in [3.05, 3.63) is 52.4 Å². The third kappa shape index (κ3) is 3.07. The van der Waals surface area contributed by atoms with E-state index in [1.165, 1.54) is 35.1 Å². The largest absolute Gasteiger partial charge is 0.357 e. The summed E-state index contributed by atoms with van der Waals surface area (Å²) in [5, 5.41) is 3.79. The van der Waals surface area contributed by atoms with Crippen LogP contribution in [-0.2, 0) is 17.3 Å². The summed E-state index contributed by atoms with van der Waals surface area (Å²) in [4.78, 5) is 0. The first kappa shape index (κ1) is 18.0. The summed E-state index contributed by atoms with van der Waals surface area (Å²) in [6.45, 7) is 14.2. The SMILES string of the molecule is CCCCc1cc2c(cc1C=Cc1ccno1)C(C)(C)C(C)C2(C)C. The molecule has 2 heteroatoms. The molecule has 1 aromatic carbocycles. The van der Waals surface area contributed by atoms with Gasteiger partial charge in [0.05, 0.1) is 6.20 Å². The molecule has 0 fully saturated rings. The molecule has 0 saturated carbocycles. The van der Waals surface area contributed by atoms with E-state index in [9.17, 15) is 0 Å². The van der Waals surface area contributed by atoms with Gasteiger partial charge in [-0.05, 0) is 57.9 Å². The molecule has 1 heterocycles. The predicted molar refractivity (Wildman–Crippen MR) is 106 cm³/mol. The molecule has 134 valence electrons. The topological polar surface area (TPSA) is 26.0 Å². The highest BCUT2D eigenvalue weighted by Gasteiger charge is 2.48. The third-order valence-corrected chi connectivity index (χ3v) is 6.52. The van der Waals surface area contributed by atoms with E-state index in [4.69, 9.17) is 4.52 Å². The average Bonchev–Trinajstić information content (AvgIpc) is 3.13. The van der Waals surface area contributed by atoms with Gasteiger partial charge in [0.15, 0.2) is 5.76 Å². The van der Waals surface area contributed by atoms with Crippen molar-refractivity contribution in [1.82, 2.24) is 5.16 Å². The Morgan fingerprint density at radius 2 is 1.76 bits per heavy atom. The van der Waals surface area contributed by atoms with E-state index in [1.54, 1.807) is 6.20 Å². The van der Waals surface area contributed by atoms with Crippen LogP contribution in [-0.4, -0.2) is 5.16 Å². The van der Waals surface area contributed by atoms with Crippen molar-refractivity contribution in [2.45, 2.75) is 71.6 Å². The van der Waals surface area contributed by atoms with Crippen molar-refractivity contribution in [2.24, 2.45) is 5.92 Å². The minimum atomic E-state index is 0.191. The van der Waals surface area contributed by atoms with Crippen molar-refractivity contribution < 1.29 is 4.52 Å². The van der Waals surface area contributed by atoms with Crippen molar-refractivity contribution >= 4 is 12.2 Å². The first-order chi connectivity index (χ1) is 11.8. The second-order valence-electron chi connectivity index (χ2n) is 8.61. The minimum Gasteiger partial charge on any atom is -0.357 e. The van der Waals surface area contributed by atoms with E-state index in [-0.39, 0.29) is 10.8 Å². The Morgan fingerprint density at radius 1 is 1.08 bits per heavy atom. The van der Waals surface area contributed by atoms with Gasteiger partial charge in [0, 0.05) is 6.07 Å². The standard InChI is InChI=1S/C23H31NO/c1-7-8-9-17-14-20-21(23(5,6)16(2)22(20,3)4)15-18(17)10-11-19-12-13-24-25-19/h10-16H,7-9H2,1-6H3. The van der Waals surface area contributed by atoms with E-state index in [2.05, 4.69) is 64.9 Å². The van der Waals surface area contributed by atoms with Gasteiger partial charge in [-0.2, -0.15) is 0 Å². The van der Waals surface area contributed by atoms with E-state index in [0.717, 1.165) is 12.2 Å². The Labute approximate surface area is 152 Å². The minimum absolute atomic E-state index is 0.191. The van der Waals surface area contributed by atoms with Gasteiger partial charge in [0.25, 0.3) is 0 Å². The van der Waals surface area contributed by atoms with E-state index >= 15 is 0 Å². The maximum absolute atomic E-state index is 5.22. The Balaban J connectivity index is 2.10. The molecule has 1 unspecified atom stereocenters. The molecular weight excluding hydrogens is 306 g/mol. The van der Waals surface area contributed by atoms with Crippen molar-refractivity contribution in [1.29, 1.82) is 0 Å². The van der Waals surface area contributed by atoms with Crippen molar-refractivity contribution in [3.8, 4) is 0 Å². The second kappa shape index (κ2) is 6.48. The van der Waals surface area contributed by atoms with Crippen molar-refractivity contribution in [2.75, 3.05) is 0 Å². The Morgan fingerprint density at radius 3 is 2.36 bits per heavy atom. The molecule has 3 rings (SSSR count). The predicted octanol–water partition coefficient (Wildman–Crippen LogP) is 6.39. The van der Waals surface area contributed by atoms with E-state index in [0.29, 0.717) is 5.92 Å². The highest BCUT2D eigenvalue weighted by atomic mass is 16.5. The number of unbranched alkanes of at least 4 members (excludes halogenated alkanes) is 1. The van der Waals surface area contributed by atoms with Crippen LogP contribution >= 0.6 is 0 Å². The number of aromatic nitrogens is 1. The zero-order valence-corrected chi connectivity index (χ0v) is 16.5. The Bertz CT molecular complexity index is 766. The highest BCUT2D eigenvalue weighted by Crippen LogP contribution is 2.54. The number of benzene rings is 1. The zero-order valence-electron chi connectivity index (χ0n) is 16.5. The molecule has 0 spiro atoms. The number of hydrogen-bond acceptors (Lipinski definition) is 2. The van der Waals surface area contributed by atoms with Crippen LogP contribution in [0, 0.1) is 5.92 Å². The van der Waals surface area contributed by atoms with Gasteiger partial charge in [-0.25, -0.2) is 0 Å². The van der Waals surface area contributed by atoms with Gasteiger partial charge >= 0.3 is 0 Å². The number of hydrogen-bond donors (Lipinski definition) is 0. The average molecular weight is 338 g/mol. The fourth-order valence-electron chi connectivity index (χ4n) is 4.32. The van der Waals surface area contributed by atoms with Gasteiger partial charge in [-0.3, -0.25) is 0 Å². The summed E-state index contributed by atoms with van der Waals surface area (Å²) in [5.41, 5.74) is 6.22. The Hall–Kier alpha value is -1.83. The molecule has 0 aliphatic heterocycles. The van der Waals surface area contributed by atoms with Crippen LogP contribution in [0.25, 0.3) is 12.2 Å². The molecule has 1 aliphatic carbocycles. The van der Waals surface area contributed by atoms with Gasteiger partial charge < -0.3 is 4.52 Å². The van der Waals surface area contributed by atoms with Gasteiger partial charge in [-0.1, -0.05) is 71.3 Å². The van der Waals surface area contributed by atoms with Gasteiger partial charge in [0.2, 0.25) is 0 Å². The summed E-state index contributed by atoms with van der Waals surface area (Å²) in [7, 11) is 0. The van der Waals surface area contributed by atoms with Crippen LogP contribution in [0.3, 0.4) is 0 Å². The van der Waals surface area contributed by atoms with Crippen LogP contribution < -0.4 is 0 Å². The van der Waals surface area contributed by atoms with Crippen LogP contribution in [0.1, 0.15) is 82.4 Å². The molecule has 0 N–H and O–H groups in total. The molecular formula is C23H31NO. The molecule has 1 aromatic heterocycles. The maximum Gasteiger partial charge on any atom is 0.159 e. The van der Waals surface area contributed by atoms with Crippen molar-refractivity contribution in [3.63, 3.8) is 0 Å². The zero-order chi connectivity index (χ0) is 18.2. The highest BCUT2D eigenvalue weighted by molar-refractivity contribution is 5.71. The summed E-state index contributed by atoms with van der Waals surface area (Å²) in [5.74, 6) is 1.41. The molecule has 0 radical (unpaired) electrons. The summed E-state index contributed by atoms with van der Waals surface area (Å²) < 4.78 is 5.22. The number of aryl methyl sites for hydroxylation is 1. The van der Waals surface area contributed by atoms with E-state index in [1.807, 2.05) is 12.1 Å². The van der Waals surface area contributed by atoms with Crippen LogP contribution in [0.15, 0.2) is 28.9 Å². The molecule has 1 atom stereocenters. The molecule has 0 saturated heterocycles. The van der Waals surface area contributed by atoms with Gasteiger partial charge in [-0.15, -0.1) is 0 Å². The Kier molecular flexibility index (Phi) is 4.66. The molecule has 0 amide bonds. The smallest absolute Gasteiger partial charge is 0.159 e. The lowest BCUT2D eigenvalue weighted by atomic mass is 9.71. The maximum atomic E-state index is 5.22. The first-order valence-electron chi connectivity index (χ1n) is 9.55.